The van der Waals surface area contributed by atoms with Crippen LogP contribution in [0.2, 0.25) is 0 Å². The van der Waals surface area contributed by atoms with Gasteiger partial charge in [-0.15, -0.1) is 0 Å². The number of nitrogens with zero attached hydrogens (tertiary/aromatic N) is 2. The molecule has 0 radical (unpaired) electrons. The van der Waals surface area contributed by atoms with E-state index in [2.05, 4.69) is 20.9 Å². The van der Waals surface area contributed by atoms with Crippen molar-refractivity contribution < 1.29 is 13.2 Å². The van der Waals surface area contributed by atoms with Crippen LogP contribution >= 0.6 is 27.7 Å². The van der Waals surface area contributed by atoms with Crippen LogP contribution in [0.5, 0.6) is 0 Å². The Kier molecular flexibility index (Phi) is 5.13. The van der Waals surface area contributed by atoms with Gasteiger partial charge in [-0.3, -0.25) is 4.79 Å². The Morgan fingerprint density at radius 2 is 1.81 bits per heavy atom. The van der Waals surface area contributed by atoms with Gasteiger partial charge >= 0.3 is 0 Å². The predicted octanol–water partition coefficient (Wildman–Crippen LogP) is 3.29. The summed E-state index contributed by atoms with van der Waals surface area (Å²) in [4.78, 5) is 18.7. The number of hydrogen-bond acceptors (Lipinski definition) is 4. The number of hydrogen-bond donors (Lipinski definition) is 0. The summed E-state index contributed by atoms with van der Waals surface area (Å²) in [7, 11) is -3.07. The van der Waals surface area contributed by atoms with Gasteiger partial charge in [0, 0.05) is 15.4 Å². The Morgan fingerprint density at radius 3 is 2.52 bits per heavy atom. The van der Waals surface area contributed by atoms with Crippen molar-refractivity contribution in [1.82, 2.24) is 0 Å². The predicted molar refractivity (Wildman–Crippen MR) is 113 cm³/mol. The third-order valence-electron chi connectivity index (χ3n) is 4.59. The van der Waals surface area contributed by atoms with Crippen molar-refractivity contribution in [3.63, 3.8) is 0 Å². The number of aliphatic imine (C=N–C) groups is 1. The van der Waals surface area contributed by atoms with E-state index in [0.29, 0.717) is 5.17 Å². The second-order valence-electron chi connectivity index (χ2n) is 6.60. The third-order valence-corrected chi connectivity index (χ3v) is 8.33. The topological polar surface area (TPSA) is 66.8 Å². The third kappa shape index (κ3) is 4.12. The maximum absolute atomic E-state index is 12.5. The number of anilines is 1. The largest absolute Gasteiger partial charge is 0.316 e. The molecule has 2 aromatic rings. The number of sulfone groups is 1. The molecule has 2 atom stereocenters. The molecule has 0 aromatic heterocycles. The van der Waals surface area contributed by atoms with Gasteiger partial charge in [-0.05, 0) is 29.8 Å². The van der Waals surface area contributed by atoms with Gasteiger partial charge in [-0.25, -0.2) is 8.42 Å². The molecule has 1 amide bonds. The molecular formula is C19H17BrN2O3S2. The highest BCUT2D eigenvalue weighted by molar-refractivity contribution is 9.10. The van der Waals surface area contributed by atoms with Crippen LogP contribution in [0, 0.1) is 0 Å². The van der Waals surface area contributed by atoms with E-state index in [1.54, 1.807) is 0 Å². The molecule has 2 aromatic carbocycles. The molecule has 2 aliphatic rings. The van der Waals surface area contributed by atoms with Crippen LogP contribution in [0.25, 0.3) is 0 Å². The first kappa shape index (κ1) is 18.7. The number of carbonyl (C=O) groups is 1. The molecule has 2 unspecified atom stereocenters. The Morgan fingerprint density at radius 1 is 1.11 bits per heavy atom. The van der Waals surface area contributed by atoms with Crippen LogP contribution in [-0.4, -0.2) is 42.3 Å². The second kappa shape index (κ2) is 7.41. The monoisotopic (exact) mass is 464 g/mol. The van der Waals surface area contributed by atoms with Crippen molar-refractivity contribution in [2.24, 2.45) is 4.99 Å². The van der Waals surface area contributed by atoms with Gasteiger partial charge in [0.05, 0.1) is 24.0 Å². The first-order valence-electron chi connectivity index (χ1n) is 8.49. The standard InChI is InChI=1S/C19H17BrN2O3S2/c20-14-6-8-15(9-7-14)22-16-11-27(24,25)12-17(16)26-19(22)21-18(23)10-13-4-2-1-3-5-13/h1-9,16-17H,10-12H2. The highest BCUT2D eigenvalue weighted by Gasteiger charge is 2.49. The van der Waals surface area contributed by atoms with Crippen molar-refractivity contribution in [3.8, 4) is 0 Å². The van der Waals surface area contributed by atoms with Crippen LogP contribution in [0.3, 0.4) is 0 Å². The molecule has 5 nitrogen and oxygen atoms in total. The van der Waals surface area contributed by atoms with Crippen LogP contribution in [-0.2, 0) is 21.1 Å². The molecule has 2 fully saturated rings. The fraction of sp³-hybridized carbons (Fsp3) is 0.263. The van der Waals surface area contributed by atoms with Crippen molar-refractivity contribution in [3.05, 3.63) is 64.6 Å². The van der Waals surface area contributed by atoms with E-state index >= 15 is 0 Å². The lowest BCUT2D eigenvalue weighted by molar-refractivity contribution is -0.117. The highest BCUT2D eigenvalue weighted by Crippen LogP contribution is 2.41. The number of fused-ring (bicyclic) bond motifs is 1. The summed E-state index contributed by atoms with van der Waals surface area (Å²) >= 11 is 4.81. The average molecular weight is 465 g/mol. The fourth-order valence-corrected chi connectivity index (χ4v) is 7.58. The summed E-state index contributed by atoms with van der Waals surface area (Å²) in [5, 5.41) is 0.491. The summed E-state index contributed by atoms with van der Waals surface area (Å²) < 4.78 is 25.1. The highest BCUT2D eigenvalue weighted by atomic mass is 79.9. The number of halogens is 1. The molecule has 0 saturated carbocycles. The molecule has 0 bridgehead atoms. The summed E-state index contributed by atoms with van der Waals surface area (Å²) in [6.07, 6.45) is 0.229. The van der Waals surface area contributed by atoms with Crippen LogP contribution in [0.15, 0.2) is 64.1 Å². The van der Waals surface area contributed by atoms with Crippen molar-refractivity contribution in [2.75, 3.05) is 16.4 Å². The molecule has 2 aliphatic heterocycles. The van der Waals surface area contributed by atoms with Gasteiger partial charge in [-0.2, -0.15) is 4.99 Å². The molecule has 2 heterocycles. The molecule has 0 spiro atoms. The maximum Gasteiger partial charge on any atom is 0.252 e. The minimum Gasteiger partial charge on any atom is -0.316 e. The maximum atomic E-state index is 12.5. The number of carbonyl (C=O) groups excluding carboxylic acids is 1. The SMILES string of the molecule is O=C(Cc1ccccc1)N=C1SC2CS(=O)(=O)CC2N1c1ccc(Br)cc1. The van der Waals surface area contributed by atoms with Crippen LogP contribution in [0.4, 0.5) is 5.69 Å². The normalized spacial score (nSPS) is 24.9. The fourth-order valence-electron chi connectivity index (χ4n) is 3.38. The molecule has 0 N–H and O–H groups in total. The van der Waals surface area contributed by atoms with Crippen LogP contribution in [0.1, 0.15) is 5.56 Å². The van der Waals surface area contributed by atoms with E-state index in [4.69, 9.17) is 0 Å². The van der Waals surface area contributed by atoms with E-state index in [1.165, 1.54) is 11.8 Å². The molecule has 140 valence electrons. The molecular weight excluding hydrogens is 448 g/mol. The van der Waals surface area contributed by atoms with E-state index < -0.39 is 9.84 Å². The first-order valence-corrected chi connectivity index (χ1v) is 12.0. The number of thioether (sulfide) groups is 1. The number of amidine groups is 1. The molecule has 27 heavy (non-hydrogen) atoms. The van der Waals surface area contributed by atoms with Crippen molar-refractivity contribution >= 4 is 54.3 Å². The van der Waals surface area contributed by atoms with E-state index in [-0.39, 0.29) is 35.1 Å². The number of benzene rings is 2. The first-order chi connectivity index (χ1) is 12.9. The molecule has 0 aliphatic carbocycles. The van der Waals surface area contributed by atoms with Gasteiger partial charge in [0.25, 0.3) is 5.91 Å². The summed E-state index contributed by atoms with van der Waals surface area (Å²) in [6, 6.07) is 16.9. The minimum atomic E-state index is -3.07. The summed E-state index contributed by atoms with van der Waals surface area (Å²) in [5.74, 6) is -0.0120. The zero-order chi connectivity index (χ0) is 19.0. The molecule has 4 rings (SSSR count). The van der Waals surface area contributed by atoms with Gasteiger partial charge in [0.15, 0.2) is 15.0 Å². The van der Waals surface area contributed by atoms with Gasteiger partial charge in [0.1, 0.15) is 0 Å². The average Bonchev–Trinajstić information content (AvgIpc) is 3.07. The van der Waals surface area contributed by atoms with Crippen molar-refractivity contribution in [2.45, 2.75) is 17.7 Å². The zero-order valence-corrected chi connectivity index (χ0v) is 17.5. The Bertz CT molecular complexity index is 991. The summed E-state index contributed by atoms with van der Waals surface area (Å²) in [6.45, 7) is 0. The Labute approximate surface area is 170 Å². The molecule has 2 saturated heterocycles. The Balaban J connectivity index is 1.64. The smallest absolute Gasteiger partial charge is 0.252 e. The lowest BCUT2D eigenvalue weighted by atomic mass is 10.1. The minimum absolute atomic E-state index is 0.0899. The van der Waals surface area contributed by atoms with E-state index in [1.807, 2.05) is 59.5 Å². The zero-order valence-electron chi connectivity index (χ0n) is 14.3. The lowest BCUT2D eigenvalue weighted by Crippen LogP contribution is -2.37. The number of rotatable bonds is 3. The van der Waals surface area contributed by atoms with Gasteiger partial charge in [-0.1, -0.05) is 58.0 Å². The van der Waals surface area contributed by atoms with Gasteiger partial charge < -0.3 is 4.90 Å². The quantitative estimate of drug-likeness (QED) is 0.696. The van der Waals surface area contributed by atoms with Gasteiger partial charge in [0.2, 0.25) is 0 Å². The van der Waals surface area contributed by atoms with E-state index in [0.717, 1.165) is 15.7 Å². The lowest BCUT2D eigenvalue weighted by Gasteiger charge is -2.24. The number of amides is 1. The van der Waals surface area contributed by atoms with Crippen LogP contribution < -0.4 is 4.90 Å². The second-order valence-corrected chi connectivity index (χ2v) is 10.9. The van der Waals surface area contributed by atoms with E-state index in [9.17, 15) is 13.2 Å². The molecule has 8 heteroatoms. The summed E-state index contributed by atoms with van der Waals surface area (Å²) in [5.41, 5.74) is 1.76. The van der Waals surface area contributed by atoms with Crippen molar-refractivity contribution in [1.29, 1.82) is 0 Å². The Hall–Kier alpha value is -1.64.